The first-order valence-corrected chi connectivity index (χ1v) is 6.74. The molecule has 2 amide bonds. The average Bonchev–Trinajstić information content (AvgIpc) is 2.76. The molecule has 1 aromatic rings. The summed E-state index contributed by atoms with van der Waals surface area (Å²) in [6.07, 6.45) is 1.04. The van der Waals surface area contributed by atoms with Crippen molar-refractivity contribution in [1.29, 1.82) is 0 Å². The number of hydrogen-bond acceptors (Lipinski definition) is 5. The first-order valence-electron chi connectivity index (χ1n) is 5.92. The van der Waals surface area contributed by atoms with E-state index in [0.29, 0.717) is 11.7 Å². The Morgan fingerprint density at radius 2 is 2.06 bits per heavy atom. The number of rotatable bonds is 6. The lowest BCUT2D eigenvalue weighted by Gasteiger charge is -2.06. The second kappa shape index (κ2) is 7.05. The Morgan fingerprint density at radius 3 is 2.61 bits per heavy atom. The second-order valence-electron chi connectivity index (χ2n) is 4.10. The molecule has 0 aliphatic rings. The van der Waals surface area contributed by atoms with E-state index in [-0.39, 0.29) is 24.2 Å². The minimum absolute atomic E-state index is 0.0491. The van der Waals surface area contributed by atoms with Crippen molar-refractivity contribution < 1.29 is 9.59 Å². The molecule has 1 heterocycles. The molecule has 1 rings (SSSR count). The third-order valence-electron chi connectivity index (χ3n) is 2.19. The molecule has 0 unspecified atom stereocenters. The smallest absolute Gasteiger partial charge is 0.227 e. The summed E-state index contributed by atoms with van der Waals surface area (Å²) in [6.45, 7) is 5.93. The third-order valence-corrected chi connectivity index (χ3v) is 3.17. The maximum Gasteiger partial charge on any atom is 0.227 e. The molecule has 0 saturated carbocycles. The zero-order valence-corrected chi connectivity index (χ0v) is 11.6. The number of nitrogens with one attached hydrogen (secondary N) is 2. The Balaban J connectivity index is 2.27. The van der Waals surface area contributed by atoms with E-state index >= 15 is 0 Å². The number of hydrogen-bond donors (Lipinski definition) is 2. The minimum Gasteiger partial charge on any atom is -0.355 e. The van der Waals surface area contributed by atoms with Crippen LogP contribution in [0.25, 0.3) is 0 Å². The van der Waals surface area contributed by atoms with Crippen molar-refractivity contribution in [2.45, 2.75) is 33.6 Å². The van der Waals surface area contributed by atoms with Gasteiger partial charge in [-0.1, -0.05) is 32.1 Å². The first-order chi connectivity index (χ1) is 8.52. The molecule has 100 valence electrons. The van der Waals surface area contributed by atoms with E-state index in [1.807, 2.05) is 20.8 Å². The highest BCUT2D eigenvalue weighted by molar-refractivity contribution is 7.15. The predicted molar refractivity (Wildman–Crippen MR) is 70.4 cm³/mol. The van der Waals surface area contributed by atoms with Gasteiger partial charge < -0.3 is 10.6 Å². The molecule has 0 fully saturated rings. The quantitative estimate of drug-likeness (QED) is 0.813. The molecule has 1 aromatic heterocycles. The summed E-state index contributed by atoms with van der Waals surface area (Å²) in [5.74, 6) is -0.284. The van der Waals surface area contributed by atoms with Crippen molar-refractivity contribution in [3.63, 3.8) is 0 Å². The second-order valence-corrected chi connectivity index (χ2v) is 5.16. The van der Waals surface area contributed by atoms with Gasteiger partial charge in [-0.25, -0.2) is 0 Å². The van der Waals surface area contributed by atoms with Crippen molar-refractivity contribution >= 4 is 28.3 Å². The van der Waals surface area contributed by atoms with Gasteiger partial charge in [-0.05, 0) is 6.42 Å². The molecular weight excluding hydrogens is 252 g/mol. The van der Waals surface area contributed by atoms with Crippen molar-refractivity contribution in [2.75, 3.05) is 11.9 Å². The van der Waals surface area contributed by atoms with Crippen LogP contribution in [-0.4, -0.2) is 28.6 Å². The van der Waals surface area contributed by atoms with Gasteiger partial charge in [0.2, 0.25) is 16.9 Å². The first kappa shape index (κ1) is 14.6. The molecular formula is C11H18N4O2S. The van der Waals surface area contributed by atoms with Crippen LogP contribution in [0.3, 0.4) is 0 Å². The summed E-state index contributed by atoms with van der Waals surface area (Å²) >= 11 is 1.36. The van der Waals surface area contributed by atoms with Crippen LogP contribution in [0.1, 0.15) is 32.2 Å². The molecule has 6 nitrogen and oxygen atoms in total. The van der Waals surface area contributed by atoms with Crippen molar-refractivity contribution in [3.05, 3.63) is 5.01 Å². The molecule has 0 atom stereocenters. The van der Waals surface area contributed by atoms with E-state index in [0.717, 1.165) is 11.4 Å². The number of anilines is 1. The topological polar surface area (TPSA) is 84.0 Å². The molecule has 0 saturated heterocycles. The molecule has 0 aromatic carbocycles. The number of amides is 2. The van der Waals surface area contributed by atoms with Crippen molar-refractivity contribution in [3.8, 4) is 0 Å². The van der Waals surface area contributed by atoms with Crippen LogP contribution in [0.15, 0.2) is 0 Å². The van der Waals surface area contributed by atoms with E-state index in [9.17, 15) is 9.59 Å². The SMILES string of the molecule is CCc1nnc(NC(=O)CCNC(=O)C(C)C)s1. The number of nitrogens with zero attached hydrogens (tertiary/aromatic N) is 2. The van der Waals surface area contributed by atoms with E-state index < -0.39 is 0 Å². The molecule has 0 bridgehead atoms. The monoisotopic (exact) mass is 270 g/mol. The Hall–Kier alpha value is -1.50. The van der Waals surface area contributed by atoms with Gasteiger partial charge in [-0.2, -0.15) is 0 Å². The Morgan fingerprint density at radius 1 is 1.33 bits per heavy atom. The lowest BCUT2D eigenvalue weighted by Crippen LogP contribution is -2.30. The minimum atomic E-state index is -0.169. The fraction of sp³-hybridized carbons (Fsp3) is 0.636. The number of aryl methyl sites for hydroxylation is 1. The van der Waals surface area contributed by atoms with Gasteiger partial charge in [0.05, 0.1) is 0 Å². The average molecular weight is 270 g/mol. The number of carbonyl (C=O) groups is 2. The summed E-state index contributed by atoms with van der Waals surface area (Å²) < 4.78 is 0. The molecule has 0 radical (unpaired) electrons. The molecule has 0 aliphatic heterocycles. The highest BCUT2D eigenvalue weighted by Gasteiger charge is 2.09. The molecule has 0 spiro atoms. The van der Waals surface area contributed by atoms with Crippen molar-refractivity contribution in [1.82, 2.24) is 15.5 Å². The molecule has 7 heteroatoms. The van der Waals surface area contributed by atoms with Crippen LogP contribution in [0.5, 0.6) is 0 Å². The summed E-state index contributed by atoms with van der Waals surface area (Å²) in [6, 6.07) is 0. The molecule has 2 N–H and O–H groups in total. The maximum absolute atomic E-state index is 11.5. The van der Waals surface area contributed by atoms with E-state index in [2.05, 4.69) is 20.8 Å². The van der Waals surface area contributed by atoms with E-state index in [4.69, 9.17) is 0 Å². The van der Waals surface area contributed by atoms with Crippen LogP contribution >= 0.6 is 11.3 Å². The fourth-order valence-corrected chi connectivity index (χ4v) is 1.83. The van der Waals surface area contributed by atoms with Crippen LogP contribution in [-0.2, 0) is 16.0 Å². The van der Waals surface area contributed by atoms with Crippen LogP contribution in [0, 0.1) is 5.92 Å². The summed E-state index contributed by atoms with van der Waals surface area (Å²) in [5, 5.41) is 14.5. The van der Waals surface area contributed by atoms with Gasteiger partial charge in [0, 0.05) is 18.9 Å². The molecule has 18 heavy (non-hydrogen) atoms. The Kier molecular flexibility index (Phi) is 5.70. The standard InChI is InChI=1S/C11H18N4O2S/c1-4-9-14-15-11(18-9)13-8(16)5-6-12-10(17)7(2)3/h7H,4-6H2,1-3H3,(H,12,17)(H,13,15,16). The van der Waals surface area contributed by atoms with E-state index in [1.54, 1.807) is 0 Å². The maximum atomic E-state index is 11.5. The fourth-order valence-electron chi connectivity index (χ4n) is 1.13. The third kappa shape index (κ3) is 4.79. The number of carbonyl (C=O) groups excluding carboxylic acids is 2. The van der Waals surface area contributed by atoms with Crippen LogP contribution in [0.2, 0.25) is 0 Å². The van der Waals surface area contributed by atoms with Crippen LogP contribution in [0.4, 0.5) is 5.13 Å². The highest BCUT2D eigenvalue weighted by Crippen LogP contribution is 2.15. The van der Waals surface area contributed by atoms with Gasteiger partial charge in [-0.3, -0.25) is 9.59 Å². The number of aromatic nitrogens is 2. The lowest BCUT2D eigenvalue weighted by molar-refractivity contribution is -0.124. The van der Waals surface area contributed by atoms with Crippen molar-refractivity contribution in [2.24, 2.45) is 5.92 Å². The van der Waals surface area contributed by atoms with Gasteiger partial charge >= 0.3 is 0 Å². The van der Waals surface area contributed by atoms with Gasteiger partial charge in [0.15, 0.2) is 0 Å². The zero-order valence-electron chi connectivity index (χ0n) is 10.8. The summed E-state index contributed by atoms with van der Waals surface area (Å²) in [5.41, 5.74) is 0. The summed E-state index contributed by atoms with van der Waals surface area (Å²) in [7, 11) is 0. The normalized spacial score (nSPS) is 10.4. The zero-order chi connectivity index (χ0) is 13.5. The highest BCUT2D eigenvalue weighted by atomic mass is 32.1. The lowest BCUT2D eigenvalue weighted by atomic mass is 10.2. The predicted octanol–water partition coefficient (Wildman–Crippen LogP) is 1.20. The van der Waals surface area contributed by atoms with Gasteiger partial charge in [0.1, 0.15) is 5.01 Å². The van der Waals surface area contributed by atoms with Crippen LogP contribution < -0.4 is 10.6 Å². The van der Waals surface area contributed by atoms with Gasteiger partial charge in [-0.15, -0.1) is 10.2 Å². The largest absolute Gasteiger partial charge is 0.355 e. The molecule has 0 aliphatic carbocycles. The summed E-state index contributed by atoms with van der Waals surface area (Å²) in [4.78, 5) is 22.8. The Bertz CT molecular complexity index is 417. The van der Waals surface area contributed by atoms with Gasteiger partial charge in [0.25, 0.3) is 0 Å². The van der Waals surface area contributed by atoms with E-state index in [1.165, 1.54) is 11.3 Å². The Labute approximate surface area is 110 Å².